The van der Waals surface area contributed by atoms with Crippen molar-refractivity contribution in [1.82, 2.24) is 4.98 Å². The van der Waals surface area contributed by atoms with E-state index in [1.165, 1.54) is 0 Å². The summed E-state index contributed by atoms with van der Waals surface area (Å²) in [5.74, 6) is 0.634. The minimum atomic E-state index is 0.202. The lowest BCUT2D eigenvalue weighted by Gasteiger charge is -2.13. The van der Waals surface area contributed by atoms with Crippen molar-refractivity contribution < 1.29 is 4.74 Å². The van der Waals surface area contributed by atoms with E-state index in [1.54, 1.807) is 11.3 Å². The minimum Gasteiger partial charge on any atom is -0.467 e. The molecule has 0 aliphatic carbocycles. The van der Waals surface area contributed by atoms with E-state index >= 15 is 0 Å². The van der Waals surface area contributed by atoms with Crippen molar-refractivity contribution in [3.63, 3.8) is 0 Å². The molecule has 2 aromatic rings. The van der Waals surface area contributed by atoms with Crippen LogP contribution >= 0.6 is 11.3 Å². The zero-order valence-corrected chi connectivity index (χ0v) is 11.3. The Balaban J connectivity index is 2.14. The first kappa shape index (κ1) is 12.2. The van der Waals surface area contributed by atoms with Gasteiger partial charge in [0.2, 0.25) is 0 Å². The number of rotatable bonds is 4. The second-order valence-electron chi connectivity index (χ2n) is 4.76. The Morgan fingerprint density at radius 2 is 2.12 bits per heavy atom. The second-order valence-corrected chi connectivity index (χ2v) is 5.76. The number of aromatic nitrogens is 1. The van der Waals surface area contributed by atoms with Gasteiger partial charge in [0.15, 0.2) is 0 Å². The first-order valence-electron chi connectivity index (χ1n) is 5.87. The molecule has 0 aliphatic rings. The van der Waals surface area contributed by atoms with Crippen molar-refractivity contribution in [3.05, 3.63) is 18.2 Å². The average Bonchev–Trinajstić information content (AvgIpc) is 2.57. The zero-order valence-electron chi connectivity index (χ0n) is 10.4. The van der Waals surface area contributed by atoms with Crippen LogP contribution in [-0.4, -0.2) is 11.1 Å². The number of nitrogens with zero attached hydrogens (tertiary/aromatic N) is 1. The average molecular weight is 250 g/mol. The number of nitrogens with two attached hydrogens (primary N) is 1. The van der Waals surface area contributed by atoms with Gasteiger partial charge in [-0.2, -0.15) is 0 Å². The Morgan fingerprint density at radius 3 is 2.82 bits per heavy atom. The summed E-state index contributed by atoms with van der Waals surface area (Å²) < 4.78 is 6.90. The molecule has 92 valence electrons. The van der Waals surface area contributed by atoms with E-state index < -0.39 is 0 Å². The van der Waals surface area contributed by atoms with Crippen LogP contribution in [0.3, 0.4) is 0 Å². The summed E-state index contributed by atoms with van der Waals surface area (Å²) in [6, 6.07) is 5.73. The fourth-order valence-corrected chi connectivity index (χ4v) is 2.81. The van der Waals surface area contributed by atoms with E-state index in [-0.39, 0.29) is 6.10 Å². The van der Waals surface area contributed by atoms with Crippen molar-refractivity contribution >= 4 is 27.2 Å². The van der Waals surface area contributed by atoms with Crippen LogP contribution in [0, 0.1) is 5.92 Å². The number of thiazole rings is 1. The molecule has 2 N–H and O–H groups in total. The number of benzene rings is 1. The third kappa shape index (κ3) is 3.09. The van der Waals surface area contributed by atoms with E-state index in [0.717, 1.165) is 27.5 Å². The predicted octanol–water partition coefficient (Wildman–Crippen LogP) is 3.69. The van der Waals surface area contributed by atoms with Gasteiger partial charge in [-0.25, -0.2) is 4.98 Å². The van der Waals surface area contributed by atoms with E-state index in [1.807, 2.05) is 18.2 Å². The van der Waals surface area contributed by atoms with Gasteiger partial charge in [0, 0.05) is 5.69 Å². The number of nitrogen functional groups attached to an aromatic ring is 1. The van der Waals surface area contributed by atoms with Gasteiger partial charge in [-0.05, 0) is 37.5 Å². The lowest BCUT2D eigenvalue weighted by atomic mass is 10.1. The Kier molecular flexibility index (Phi) is 3.52. The summed E-state index contributed by atoms with van der Waals surface area (Å²) in [5, 5.41) is 0.735. The molecule has 1 heterocycles. The highest BCUT2D eigenvalue weighted by molar-refractivity contribution is 7.20. The largest absolute Gasteiger partial charge is 0.467 e. The molecule has 1 unspecified atom stereocenters. The molecule has 4 heteroatoms. The molecule has 0 spiro atoms. The first-order valence-corrected chi connectivity index (χ1v) is 6.69. The van der Waals surface area contributed by atoms with Gasteiger partial charge in [-0.1, -0.05) is 25.2 Å². The highest BCUT2D eigenvalue weighted by Crippen LogP contribution is 2.30. The Hall–Kier alpha value is -1.29. The third-order valence-electron chi connectivity index (χ3n) is 2.50. The van der Waals surface area contributed by atoms with Crippen LogP contribution in [0.5, 0.6) is 5.19 Å². The van der Waals surface area contributed by atoms with Gasteiger partial charge in [-0.3, -0.25) is 0 Å². The number of ether oxygens (including phenoxy) is 1. The van der Waals surface area contributed by atoms with E-state index in [9.17, 15) is 0 Å². The lowest BCUT2D eigenvalue weighted by Crippen LogP contribution is -2.14. The highest BCUT2D eigenvalue weighted by Gasteiger charge is 2.10. The molecule has 0 saturated carbocycles. The summed E-state index contributed by atoms with van der Waals surface area (Å²) in [5.41, 5.74) is 7.46. The molecule has 0 radical (unpaired) electrons. The molecule has 0 aliphatic heterocycles. The lowest BCUT2D eigenvalue weighted by molar-refractivity contribution is 0.193. The third-order valence-corrected chi connectivity index (χ3v) is 3.41. The minimum absolute atomic E-state index is 0.202. The van der Waals surface area contributed by atoms with E-state index in [0.29, 0.717) is 5.92 Å². The molecule has 1 aromatic heterocycles. The maximum atomic E-state index is 5.82. The maximum absolute atomic E-state index is 5.82. The molecule has 0 saturated heterocycles. The van der Waals surface area contributed by atoms with Crippen molar-refractivity contribution in [2.75, 3.05) is 5.73 Å². The Labute approximate surface area is 106 Å². The molecule has 1 aromatic carbocycles. The van der Waals surface area contributed by atoms with Crippen molar-refractivity contribution in [2.24, 2.45) is 5.92 Å². The fraction of sp³-hybridized carbons (Fsp3) is 0.462. The van der Waals surface area contributed by atoms with Crippen LogP contribution in [-0.2, 0) is 0 Å². The molecule has 0 fully saturated rings. The summed E-state index contributed by atoms with van der Waals surface area (Å²) >= 11 is 1.55. The summed E-state index contributed by atoms with van der Waals surface area (Å²) in [6.45, 7) is 6.47. The van der Waals surface area contributed by atoms with Crippen molar-refractivity contribution in [2.45, 2.75) is 33.3 Å². The van der Waals surface area contributed by atoms with Crippen LogP contribution in [0.4, 0.5) is 5.69 Å². The molecular formula is C13H18N2OS. The highest BCUT2D eigenvalue weighted by atomic mass is 32.1. The normalized spacial score (nSPS) is 13.2. The van der Waals surface area contributed by atoms with Gasteiger partial charge in [0.1, 0.15) is 0 Å². The number of anilines is 1. The predicted molar refractivity (Wildman–Crippen MR) is 73.6 cm³/mol. The van der Waals surface area contributed by atoms with Crippen molar-refractivity contribution in [3.8, 4) is 5.19 Å². The number of fused-ring (bicyclic) bond motifs is 1. The van der Waals surface area contributed by atoms with Gasteiger partial charge >= 0.3 is 0 Å². The van der Waals surface area contributed by atoms with E-state index in [4.69, 9.17) is 10.5 Å². The van der Waals surface area contributed by atoms with Gasteiger partial charge < -0.3 is 10.5 Å². The van der Waals surface area contributed by atoms with Crippen LogP contribution in [0.1, 0.15) is 27.2 Å². The topological polar surface area (TPSA) is 48.1 Å². The maximum Gasteiger partial charge on any atom is 0.274 e. The molecule has 0 amide bonds. The summed E-state index contributed by atoms with van der Waals surface area (Å²) in [4.78, 5) is 4.44. The van der Waals surface area contributed by atoms with Crippen LogP contribution in [0.25, 0.3) is 10.2 Å². The van der Waals surface area contributed by atoms with Crippen LogP contribution in [0.15, 0.2) is 18.2 Å². The zero-order chi connectivity index (χ0) is 12.4. The van der Waals surface area contributed by atoms with E-state index in [2.05, 4.69) is 25.8 Å². The number of hydrogen-bond donors (Lipinski definition) is 1. The standard InChI is InChI=1S/C13H18N2OS/c1-8(2)6-9(3)16-13-15-11-5-4-10(14)7-12(11)17-13/h4-5,7-9H,6,14H2,1-3H3. The summed E-state index contributed by atoms with van der Waals surface area (Å²) in [6.07, 6.45) is 1.24. The monoisotopic (exact) mass is 250 g/mol. The van der Waals surface area contributed by atoms with Gasteiger partial charge in [0.05, 0.1) is 16.3 Å². The Bertz CT molecular complexity index is 507. The summed E-state index contributed by atoms with van der Waals surface area (Å²) in [7, 11) is 0. The number of hydrogen-bond acceptors (Lipinski definition) is 4. The molecule has 0 bridgehead atoms. The quantitative estimate of drug-likeness (QED) is 0.842. The van der Waals surface area contributed by atoms with Crippen LogP contribution in [0.2, 0.25) is 0 Å². The molecule has 2 rings (SSSR count). The molecular weight excluding hydrogens is 232 g/mol. The second kappa shape index (κ2) is 4.92. The van der Waals surface area contributed by atoms with Gasteiger partial charge in [0.25, 0.3) is 5.19 Å². The van der Waals surface area contributed by atoms with Gasteiger partial charge in [-0.15, -0.1) is 0 Å². The first-order chi connectivity index (χ1) is 8.04. The molecule has 17 heavy (non-hydrogen) atoms. The Morgan fingerprint density at radius 1 is 1.35 bits per heavy atom. The van der Waals surface area contributed by atoms with Crippen molar-refractivity contribution in [1.29, 1.82) is 0 Å². The molecule has 1 atom stereocenters. The van der Waals surface area contributed by atoms with Crippen LogP contribution < -0.4 is 10.5 Å². The SMILES string of the molecule is CC(C)CC(C)Oc1nc2ccc(N)cc2s1. The fourth-order valence-electron chi connectivity index (χ4n) is 1.85. The molecule has 3 nitrogen and oxygen atoms in total. The smallest absolute Gasteiger partial charge is 0.274 e.